The van der Waals surface area contributed by atoms with Gasteiger partial charge in [0.05, 0.1) is 0 Å². The summed E-state index contributed by atoms with van der Waals surface area (Å²) in [6, 6.07) is 18.3. The molecule has 0 heterocycles. The van der Waals surface area contributed by atoms with Crippen LogP contribution in [0.1, 0.15) is 61.6 Å². The molecule has 2 unspecified atom stereocenters. The van der Waals surface area contributed by atoms with Crippen molar-refractivity contribution in [3.8, 4) is 0 Å². The van der Waals surface area contributed by atoms with Crippen LogP contribution in [0.25, 0.3) is 12.2 Å². The zero-order chi connectivity index (χ0) is 18.5. The van der Waals surface area contributed by atoms with Crippen molar-refractivity contribution in [2.75, 3.05) is 0 Å². The molecule has 0 radical (unpaired) electrons. The first kappa shape index (κ1) is 17.8. The molecule has 0 N–H and O–H groups in total. The van der Waals surface area contributed by atoms with Gasteiger partial charge in [0.15, 0.2) is 0 Å². The van der Waals surface area contributed by atoms with Gasteiger partial charge in [-0.1, -0.05) is 0 Å². The minimum absolute atomic E-state index is 0.636. The fraction of sp³-hybridized carbons (Fsp3) is 0.346. The Morgan fingerprint density at radius 3 is 1.67 bits per heavy atom. The third kappa shape index (κ3) is 2.54. The van der Waals surface area contributed by atoms with Crippen LogP contribution in [0.5, 0.6) is 0 Å². The zero-order valence-electron chi connectivity index (χ0n) is 16.6. The summed E-state index contributed by atoms with van der Waals surface area (Å²) in [7, 11) is 0. The number of benzene rings is 2. The SMILES string of the molecule is [CH3][Zr]([CH3])(=[C]1CCCCC1)([CH]1C=Cc2ccccc21)[CH]1C=Cc2ccccc21. The summed E-state index contributed by atoms with van der Waals surface area (Å²) in [5, 5.41) is 0. The normalized spacial score (nSPS) is 24.2. The van der Waals surface area contributed by atoms with Gasteiger partial charge in [-0.15, -0.1) is 0 Å². The number of hydrogen-bond acceptors (Lipinski definition) is 0. The Morgan fingerprint density at radius 2 is 1.15 bits per heavy atom. The van der Waals surface area contributed by atoms with Crippen molar-refractivity contribution >= 4 is 15.4 Å². The van der Waals surface area contributed by atoms with E-state index in [9.17, 15) is 0 Å². The molecule has 138 valence electrons. The van der Waals surface area contributed by atoms with Crippen LogP contribution >= 0.6 is 0 Å². The topological polar surface area (TPSA) is 0 Å². The summed E-state index contributed by atoms with van der Waals surface area (Å²) in [6.45, 7) is 0. The second-order valence-corrected chi connectivity index (χ2v) is 27.3. The fourth-order valence-corrected chi connectivity index (χ4v) is 23.7. The Hall–Kier alpha value is -1.33. The van der Waals surface area contributed by atoms with Crippen molar-refractivity contribution in [1.82, 2.24) is 0 Å². The van der Waals surface area contributed by atoms with Crippen LogP contribution in [0.4, 0.5) is 0 Å². The van der Waals surface area contributed by atoms with Gasteiger partial charge in [-0.05, 0) is 0 Å². The molecule has 2 aromatic carbocycles. The van der Waals surface area contributed by atoms with Crippen LogP contribution in [-0.4, -0.2) is 3.21 Å². The van der Waals surface area contributed by atoms with Crippen molar-refractivity contribution in [3.63, 3.8) is 0 Å². The van der Waals surface area contributed by atoms with E-state index < -0.39 is 18.3 Å². The summed E-state index contributed by atoms with van der Waals surface area (Å²) in [6.07, 6.45) is 17.0. The molecule has 0 spiro atoms. The molecule has 3 aliphatic carbocycles. The van der Waals surface area contributed by atoms with Crippen LogP contribution in [0, 0.1) is 0 Å². The first-order valence-electron chi connectivity index (χ1n) is 10.7. The van der Waals surface area contributed by atoms with Gasteiger partial charge in [-0.2, -0.15) is 0 Å². The number of rotatable bonds is 2. The van der Waals surface area contributed by atoms with Crippen molar-refractivity contribution in [2.45, 2.75) is 48.6 Å². The third-order valence-corrected chi connectivity index (χ3v) is 26.7. The van der Waals surface area contributed by atoms with Crippen molar-refractivity contribution in [3.05, 3.63) is 82.9 Å². The second kappa shape index (κ2) is 6.35. The van der Waals surface area contributed by atoms with Gasteiger partial charge >= 0.3 is 165 Å². The average molecular weight is 434 g/mol. The molecule has 1 saturated carbocycles. The van der Waals surface area contributed by atoms with Gasteiger partial charge < -0.3 is 0 Å². The molecule has 0 saturated heterocycles. The van der Waals surface area contributed by atoms with E-state index in [1.165, 1.54) is 43.2 Å². The van der Waals surface area contributed by atoms with E-state index in [-0.39, 0.29) is 0 Å². The maximum atomic E-state index is 2.79. The van der Waals surface area contributed by atoms with E-state index in [1.807, 2.05) is 3.21 Å². The summed E-state index contributed by atoms with van der Waals surface area (Å²) >= 11 is -3.41. The van der Waals surface area contributed by atoms with Crippen LogP contribution < -0.4 is 0 Å². The van der Waals surface area contributed by atoms with Gasteiger partial charge in [0.1, 0.15) is 0 Å². The predicted molar refractivity (Wildman–Crippen MR) is 116 cm³/mol. The molecule has 0 aliphatic heterocycles. The van der Waals surface area contributed by atoms with Gasteiger partial charge in [-0.3, -0.25) is 0 Å². The Morgan fingerprint density at radius 1 is 0.667 bits per heavy atom. The van der Waals surface area contributed by atoms with Gasteiger partial charge in [0, 0.05) is 0 Å². The van der Waals surface area contributed by atoms with Gasteiger partial charge in [0.25, 0.3) is 0 Å². The zero-order valence-corrected chi connectivity index (χ0v) is 19.1. The molecule has 5 rings (SSSR count). The molecule has 0 aromatic heterocycles. The second-order valence-electron chi connectivity index (χ2n) is 9.71. The third-order valence-electron chi connectivity index (χ3n) is 8.09. The van der Waals surface area contributed by atoms with E-state index in [1.54, 1.807) is 11.1 Å². The van der Waals surface area contributed by atoms with Gasteiger partial charge in [0.2, 0.25) is 0 Å². The molecule has 0 nitrogen and oxygen atoms in total. The summed E-state index contributed by atoms with van der Waals surface area (Å²) in [4.78, 5) is 0. The fourth-order valence-electron chi connectivity index (χ4n) is 6.45. The molecule has 1 heteroatoms. The Labute approximate surface area is 164 Å². The summed E-state index contributed by atoms with van der Waals surface area (Å²) in [5.74, 6) is 0. The standard InChI is InChI=1S/2C9H7.C6H10.2CH3.Zr/c2*1-2-5-9-7-3-6-8(9)4-1;1-2-4-6-5-3-1;;;/h2*1-7H;1-5H2;2*1H3;. The monoisotopic (exact) mass is 432 g/mol. The molecular formula is C26H30Zr. The van der Waals surface area contributed by atoms with E-state index in [0.717, 1.165) is 0 Å². The molecule has 27 heavy (non-hydrogen) atoms. The number of allylic oxidation sites excluding steroid dienone is 2. The minimum atomic E-state index is -3.41. The van der Waals surface area contributed by atoms with E-state index >= 15 is 0 Å². The molecule has 3 aliphatic rings. The molecule has 0 amide bonds. The van der Waals surface area contributed by atoms with E-state index in [0.29, 0.717) is 7.25 Å². The Bertz CT molecular complexity index is 952. The van der Waals surface area contributed by atoms with Crippen LogP contribution in [0.2, 0.25) is 9.26 Å². The van der Waals surface area contributed by atoms with Crippen molar-refractivity contribution < 1.29 is 18.3 Å². The average Bonchev–Trinajstić information content (AvgIpc) is 3.34. The van der Waals surface area contributed by atoms with Crippen LogP contribution in [0.15, 0.2) is 60.7 Å². The number of fused-ring (bicyclic) bond motifs is 2. The molecule has 2 aromatic rings. The number of hydrogen-bond donors (Lipinski definition) is 0. The first-order valence-corrected chi connectivity index (χ1v) is 19.7. The molecule has 1 fully saturated rings. The quantitative estimate of drug-likeness (QED) is 0.461. The Balaban J connectivity index is 1.79. The predicted octanol–water partition coefficient (Wildman–Crippen LogP) is 7.44. The van der Waals surface area contributed by atoms with E-state index in [2.05, 4.69) is 82.1 Å². The first-order chi connectivity index (χ1) is 13.1. The van der Waals surface area contributed by atoms with Crippen molar-refractivity contribution in [1.29, 1.82) is 0 Å². The summed E-state index contributed by atoms with van der Waals surface area (Å²) < 4.78 is 8.83. The Kier molecular flexibility index (Phi) is 4.17. The molecular weight excluding hydrogens is 404 g/mol. The van der Waals surface area contributed by atoms with Crippen LogP contribution in [-0.2, 0) is 18.3 Å². The van der Waals surface area contributed by atoms with Crippen LogP contribution in [0.3, 0.4) is 0 Å². The van der Waals surface area contributed by atoms with Crippen molar-refractivity contribution in [2.24, 2.45) is 0 Å². The molecule has 2 atom stereocenters. The van der Waals surface area contributed by atoms with Gasteiger partial charge in [-0.25, -0.2) is 0 Å². The molecule has 0 bridgehead atoms. The van der Waals surface area contributed by atoms with E-state index in [4.69, 9.17) is 0 Å². The summed E-state index contributed by atoms with van der Waals surface area (Å²) in [5.41, 5.74) is 6.12. The maximum absolute atomic E-state index is 3.41.